The fourth-order valence-electron chi connectivity index (χ4n) is 2.70. The van der Waals surface area contributed by atoms with Crippen LogP contribution < -0.4 is 15.4 Å². The normalized spacial score (nSPS) is 18.7. The third-order valence-corrected chi connectivity index (χ3v) is 4.32. The van der Waals surface area contributed by atoms with E-state index in [-0.39, 0.29) is 6.04 Å². The minimum Gasteiger partial charge on any atom is -0.481 e. The van der Waals surface area contributed by atoms with Crippen LogP contribution in [0.15, 0.2) is 22.6 Å². The molecular formula is C16H21N6O3S-. The number of nitrogens with zero attached hydrogens (tertiary/aromatic N) is 5. The summed E-state index contributed by atoms with van der Waals surface area (Å²) in [4.78, 5) is 15.3. The molecule has 2 aromatic heterocycles. The van der Waals surface area contributed by atoms with Gasteiger partial charge in [0.2, 0.25) is 5.88 Å². The Hall–Kier alpha value is -2.46. The minimum atomic E-state index is -1.38. The summed E-state index contributed by atoms with van der Waals surface area (Å²) < 4.78 is 26.3. The average molecular weight is 377 g/mol. The van der Waals surface area contributed by atoms with Gasteiger partial charge in [-0.05, 0) is 13.0 Å². The summed E-state index contributed by atoms with van der Waals surface area (Å²) in [6, 6.07) is 5.25. The topological polar surface area (TPSA) is 116 Å². The van der Waals surface area contributed by atoms with Crippen molar-refractivity contribution in [2.24, 2.45) is 4.36 Å². The number of hydrogen-bond donors (Lipinski definition) is 1. The summed E-state index contributed by atoms with van der Waals surface area (Å²) in [5.74, 6) is 2.12. The van der Waals surface area contributed by atoms with Crippen LogP contribution in [0.3, 0.4) is 0 Å². The van der Waals surface area contributed by atoms with Crippen LogP contribution in [0.1, 0.15) is 6.92 Å². The Balaban J connectivity index is 2.12. The fourth-order valence-corrected chi connectivity index (χ4v) is 3.06. The molecule has 0 saturated carbocycles. The Morgan fingerprint density at radius 3 is 2.85 bits per heavy atom. The van der Waals surface area contributed by atoms with Crippen LogP contribution in [0.25, 0.3) is 11.4 Å². The van der Waals surface area contributed by atoms with E-state index in [4.69, 9.17) is 15.2 Å². The standard InChI is InChI=1S/C16H21N6O3S/c1-10-9-25-5-4-22(10)14-8-13(21-26(3)23)19-16(20-14)11-6-12(17)18-15(7-11)24-2/h6-8,10H,4-5,9H2,1-3H3,(H2,17,18)/q-1/t10-/m1/s1. The molecule has 2 aromatic rings. The predicted octanol–water partition coefficient (Wildman–Crippen LogP) is 1.76. The van der Waals surface area contributed by atoms with Crippen LogP contribution >= 0.6 is 0 Å². The zero-order valence-electron chi connectivity index (χ0n) is 14.9. The van der Waals surface area contributed by atoms with Crippen molar-refractivity contribution >= 4 is 28.0 Å². The highest BCUT2D eigenvalue weighted by Gasteiger charge is 2.21. The number of morpholine rings is 1. The van der Waals surface area contributed by atoms with Crippen molar-refractivity contribution in [2.75, 3.05) is 43.8 Å². The molecule has 3 heterocycles. The SMILES string of the molecule is COc1cc(-c2nc(N=[S-](C)=O)cc(N3CCOC[C@H]3C)n2)cc(N)n1. The Morgan fingerprint density at radius 2 is 2.15 bits per heavy atom. The van der Waals surface area contributed by atoms with Gasteiger partial charge in [0.05, 0.1) is 26.4 Å². The molecule has 1 saturated heterocycles. The number of nitrogens with two attached hydrogens (primary N) is 1. The van der Waals surface area contributed by atoms with Crippen molar-refractivity contribution in [3.8, 4) is 17.3 Å². The van der Waals surface area contributed by atoms with Gasteiger partial charge in [0.1, 0.15) is 17.5 Å². The minimum absolute atomic E-state index is 0.156. The number of nitrogen functional groups attached to an aromatic ring is 1. The molecule has 26 heavy (non-hydrogen) atoms. The second-order valence-corrected chi connectivity index (χ2v) is 6.89. The van der Waals surface area contributed by atoms with Crippen molar-refractivity contribution in [3.05, 3.63) is 18.2 Å². The lowest BCUT2D eigenvalue weighted by Gasteiger charge is -2.34. The number of methoxy groups -OCH3 is 1. The third-order valence-electron chi connectivity index (χ3n) is 3.87. The van der Waals surface area contributed by atoms with Gasteiger partial charge in [-0.15, -0.1) is 6.26 Å². The summed E-state index contributed by atoms with van der Waals surface area (Å²) in [6.45, 7) is 3.99. The van der Waals surface area contributed by atoms with Gasteiger partial charge in [-0.1, -0.05) is 0 Å². The van der Waals surface area contributed by atoms with Gasteiger partial charge < -0.3 is 28.7 Å². The summed E-state index contributed by atoms with van der Waals surface area (Å²) >= 11 is 0. The van der Waals surface area contributed by atoms with E-state index < -0.39 is 10.6 Å². The summed E-state index contributed by atoms with van der Waals surface area (Å²) in [5.41, 5.74) is 6.50. The smallest absolute Gasteiger partial charge is 0.215 e. The molecule has 3 rings (SSSR count). The van der Waals surface area contributed by atoms with Crippen molar-refractivity contribution in [2.45, 2.75) is 13.0 Å². The largest absolute Gasteiger partial charge is 0.481 e. The summed E-state index contributed by atoms with van der Waals surface area (Å²) in [7, 11) is 0.129. The number of rotatable bonds is 4. The van der Waals surface area contributed by atoms with Gasteiger partial charge in [-0.2, -0.15) is 15.6 Å². The molecule has 1 aliphatic rings. The lowest BCUT2D eigenvalue weighted by Crippen LogP contribution is -2.44. The number of pyridine rings is 1. The van der Waals surface area contributed by atoms with Crippen LogP contribution in [0.2, 0.25) is 0 Å². The maximum atomic E-state index is 11.6. The van der Waals surface area contributed by atoms with Gasteiger partial charge >= 0.3 is 0 Å². The van der Waals surface area contributed by atoms with Crippen molar-refractivity contribution in [1.29, 1.82) is 0 Å². The first-order valence-electron chi connectivity index (χ1n) is 8.07. The fraction of sp³-hybridized carbons (Fsp3) is 0.438. The van der Waals surface area contributed by atoms with Crippen LogP contribution in [0, 0.1) is 0 Å². The Kier molecular flexibility index (Phi) is 5.52. The first-order chi connectivity index (χ1) is 12.5. The van der Waals surface area contributed by atoms with E-state index in [1.165, 1.54) is 13.4 Å². The van der Waals surface area contributed by atoms with E-state index >= 15 is 0 Å². The molecule has 0 aliphatic carbocycles. The summed E-state index contributed by atoms with van der Waals surface area (Å²) in [5, 5.41) is 0. The zero-order chi connectivity index (χ0) is 18.7. The third kappa shape index (κ3) is 4.20. The highest BCUT2D eigenvalue weighted by atomic mass is 32.2. The van der Waals surface area contributed by atoms with Gasteiger partial charge in [-0.25, -0.2) is 9.97 Å². The van der Waals surface area contributed by atoms with Gasteiger partial charge in [0, 0.05) is 24.2 Å². The van der Waals surface area contributed by atoms with Gasteiger partial charge in [0.15, 0.2) is 5.82 Å². The number of hydrogen-bond acceptors (Lipinski definition) is 10. The van der Waals surface area contributed by atoms with E-state index in [9.17, 15) is 4.21 Å². The summed E-state index contributed by atoms with van der Waals surface area (Å²) in [6.07, 6.45) is 1.49. The first kappa shape index (κ1) is 18.3. The first-order valence-corrected chi connectivity index (χ1v) is 9.58. The second-order valence-electron chi connectivity index (χ2n) is 5.86. The molecule has 0 spiro atoms. The molecule has 10 heteroatoms. The molecule has 0 bridgehead atoms. The maximum absolute atomic E-state index is 11.6. The number of ether oxygens (including phenoxy) is 2. The zero-order valence-corrected chi connectivity index (χ0v) is 15.7. The van der Waals surface area contributed by atoms with Crippen LogP contribution in [-0.2, 0) is 19.5 Å². The number of anilines is 2. The predicted molar refractivity (Wildman–Crippen MR) is 99.9 cm³/mol. The van der Waals surface area contributed by atoms with Crippen LogP contribution in [0.4, 0.5) is 17.5 Å². The average Bonchev–Trinajstić information content (AvgIpc) is 2.60. The molecule has 0 radical (unpaired) electrons. The van der Waals surface area contributed by atoms with E-state index in [0.717, 1.165) is 0 Å². The highest BCUT2D eigenvalue weighted by molar-refractivity contribution is 7.74. The van der Waals surface area contributed by atoms with Crippen molar-refractivity contribution in [1.82, 2.24) is 15.0 Å². The highest BCUT2D eigenvalue weighted by Crippen LogP contribution is 2.28. The van der Waals surface area contributed by atoms with E-state index in [2.05, 4.69) is 31.1 Å². The van der Waals surface area contributed by atoms with Gasteiger partial charge in [-0.3, -0.25) is 0 Å². The second kappa shape index (κ2) is 7.83. The lowest BCUT2D eigenvalue weighted by molar-refractivity contribution is 0.0985. The molecular weight excluding hydrogens is 356 g/mol. The van der Waals surface area contributed by atoms with Gasteiger partial charge in [0.25, 0.3) is 0 Å². The molecule has 1 fully saturated rings. The maximum Gasteiger partial charge on any atom is 0.215 e. The van der Waals surface area contributed by atoms with E-state index in [0.29, 0.717) is 54.5 Å². The number of aromatic nitrogens is 3. The van der Waals surface area contributed by atoms with E-state index in [1.54, 1.807) is 18.2 Å². The molecule has 0 amide bonds. The monoisotopic (exact) mass is 377 g/mol. The Morgan fingerprint density at radius 1 is 1.35 bits per heavy atom. The molecule has 140 valence electrons. The van der Waals surface area contributed by atoms with E-state index in [1.807, 2.05) is 0 Å². The molecule has 1 aliphatic heterocycles. The molecule has 0 unspecified atom stereocenters. The Labute approximate surface area is 153 Å². The molecule has 2 N–H and O–H groups in total. The Bertz CT molecular complexity index is 884. The molecule has 1 atom stereocenters. The van der Waals surface area contributed by atoms with Crippen molar-refractivity contribution < 1.29 is 13.7 Å². The lowest BCUT2D eigenvalue weighted by atomic mass is 10.2. The molecule has 9 nitrogen and oxygen atoms in total. The van der Waals surface area contributed by atoms with Crippen LogP contribution in [-0.4, -0.2) is 54.1 Å². The van der Waals surface area contributed by atoms with Crippen molar-refractivity contribution in [3.63, 3.8) is 0 Å². The van der Waals surface area contributed by atoms with Crippen LogP contribution in [0.5, 0.6) is 5.88 Å². The molecule has 0 aromatic carbocycles. The quantitative estimate of drug-likeness (QED) is 0.801.